The van der Waals surface area contributed by atoms with Crippen molar-refractivity contribution in [2.24, 2.45) is 0 Å². The number of β-amino-alcohol motifs (C(OH)–C–C–N with tert-alkyl or cyclic N) is 1. The fourth-order valence-electron chi connectivity index (χ4n) is 2.51. The molecule has 1 fully saturated rings. The third-order valence-electron chi connectivity index (χ3n) is 4.25. The maximum Gasteiger partial charge on any atom is 0.338 e. The number of aliphatic hydroxyl groups is 1. The molecule has 1 aromatic carbocycles. The van der Waals surface area contributed by atoms with Crippen LogP contribution in [0.3, 0.4) is 0 Å². The smallest absolute Gasteiger partial charge is 0.338 e. The molecule has 0 aromatic heterocycles. The number of rotatable bonds is 8. The van der Waals surface area contributed by atoms with Gasteiger partial charge >= 0.3 is 12.0 Å². The van der Waals surface area contributed by atoms with Crippen LogP contribution in [0.5, 0.6) is 5.75 Å². The summed E-state index contributed by atoms with van der Waals surface area (Å²) in [6, 6.07) is 5.77. The molecule has 0 aliphatic carbocycles. The van der Waals surface area contributed by atoms with Gasteiger partial charge in [-0.05, 0) is 44.5 Å². The summed E-state index contributed by atoms with van der Waals surface area (Å²) < 4.78 is 10.3. The van der Waals surface area contributed by atoms with Gasteiger partial charge in [-0.15, -0.1) is 0 Å². The van der Waals surface area contributed by atoms with Crippen LogP contribution < -0.4 is 10.1 Å². The third kappa shape index (κ3) is 4.32. The van der Waals surface area contributed by atoms with Gasteiger partial charge in [0.1, 0.15) is 24.0 Å². The Morgan fingerprint density at radius 2 is 1.92 bits per heavy atom. The lowest BCUT2D eigenvalue weighted by Gasteiger charge is -2.21. The molecule has 0 radical (unpaired) electrons. The fourth-order valence-corrected chi connectivity index (χ4v) is 2.51. The topological polar surface area (TPSA) is 105 Å². The normalized spacial score (nSPS) is 20.7. The van der Waals surface area contributed by atoms with Gasteiger partial charge in [-0.1, -0.05) is 6.92 Å². The predicted molar refractivity (Wildman–Crippen MR) is 92.8 cm³/mol. The number of imide groups is 1. The molecule has 1 aliphatic heterocycles. The molecule has 1 saturated heterocycles. The van der Waals surface area contributed by atoms with Crippen LogP contribution in [0.25, 0.3) is 0 Å². The first-order valence-electron chi connectivity index (χ1n) is 8.53. The van der Waals surface area contributed by atoms with Crippen molar-refractivity contribution in [2.75, 3.05) is 19.8 Å². The van der Waals surface area contributed by atoms with E-state index >= 15 is 0 Å². The number of hydrogen-bond acceptors (Lipinski definition) is 6. The van der Waals surface area contributed by atoms with Gasteiger partial charge in [-0.2, -0.15) is 0 Å². The molecule has 8 heteroatoms. The van der Waals surface area contributed by atoms with Crippen LogP contribution in [0.4, 0.5) is 4.79 Å². The van der Waals surface area contributed by atoms with Gasteiger partial charge < -0.3 is 19.9 Å². The molecule has 8 nitrogen and oxygen atoms in total. The molecule has 0 spiro atoms. The predicted octanol–water partition coefficient (Wildman–Crippen LogP) is 1.32. The van der Waals surface area contributed by atoms with E-state index in [2.05, 4.69) is 5.32 Å². The first-order chi connectivity index (χ1) is 12.3. The largest absolute Gasteiger partial charge is 0.491 e. The molecule has 1 aromatic rings. The van der Waals surface area contributed by atoms with Crippen LogP contribution in [0, 0.1) is 0 Å². The molecule has 0 bridgehead atoms. The molecule has 3 amide bonds. The molecular weight excluding hydrogens is 340 g/mol. The van der Waals surface area contributed by atoms with Crippen molar-refractivity contribution < 1.29 is 29.0 Å². The highest BCUT2D eigenvalue weighted by molar-refractivity contribution is 6.06. The summed E-state index contributed by atoms with van der Waals surface area (Å²) in [6.07, 6.45) is -0.568. The number of ether oxygens (including phenoxy) is 2. The number of nitrogens with zero attached hydrogens (tertiary/aromatic N) is 1. The van der Waals surface area contributed by atoms with Crippen LogP contribution in [-0.4, -0.2) is 59.3 Å². The van der Waals surface area contributed by atoms with E-state index in [1.165, 1.54) is 0 Å². The van der Waals surface area contributed by atoms with E-state index in [9.17, 15) is 19.5 Å². The molecule has 142 valence electrons. The van der Waals surface area contributed by atoms with Gasteiger partial charge in [0.25, 0.3) is 5.91 Å². The van der Waals surface area contributed by atoms with E-state index in [4.69, 9.17) is 9.47 Å². The van der Waals surface area contributed by atoms with Crippen molar-refractivity contribution in [2.45, 2.75) is 38.8 Å². The Hall–Kier alpha value is -2.61. The molecular formula is C18H24N2O6. The second-order valence-electron chi connectivity index (χ2n) is 6.24. The zero-order valence-corrected chi connectivity index (χ0v) is 15.2. The number of urea groups is 1. The minimum atomic E-state index is -1.03. The van der Waals surface area contributed by atoms with E-state index in [1.54, 1.807) is 45.0 Å². The van der Waals surface area contributed by atoms with Crippen molar-refractivity contribution in [3.63, 3.8) is 0 Å². The van der Waals surface area contributed by atoms with E-state index in [1.807, 2.05) is 0 Å². The van der Waals surface area contributed by atoms with E-state index in [-0.39, 0.29) is 19.1 Å². The highest BCUT2D eigenvalue weighted by Gasteiger charge is 2.46. The molecule has 2 atom stereocenters. The van der Waals surface area contributed by atoms with Gasteiger partial charge in [0, 0.05) is 0 Å². The number of nitrogens with one attached hydrogen (secondary N) is 1. The maximum absolute atomic E-state index is 12.3. The van der Waals surface area contributed by atoms with E-state index in [0.717, 1.165) is 4.90 Å². The average Bonchev–Trinajstić information content (AvgIpc) is 2.84. The Balaban J connectivity index is 1.87. The lowest BCUT2D eigenvalue weighted by molar-refractivity contribution is -0.132. The molecule has 0 saturated carbocycles. The average molecular weight is 364 g/mol. The van der Waals surface area contributed by atoms with Crippen molar-refractivity contribution in [1.29, 1.82) is 0 Å². The van der Waals surface area contributed by atoms with Gasteiger partial charge in [0.05, 0.1) is 18.7 Å². The monoisotopic (exact) mass is 364 g/mol. The Morgan fingerprint density at radius 3 is 2.46 bits per heavy atom. The van der Waals surface area contributed by atoms with Gasteiger partial charge in [-0.3, -0.25) is 9.69 Å². The fraction of sp³-hybridized carbons (Fsp3) is 0.500. The summed E-state index contributed by atoms with van der Waals surface area (Å²) >= 11 is 0. The molecule has 2 rings (SSSR count). The van der Waals surface area contributed by atoms with Crippen LogP contribution in [0.15, 0.2) is 24.3 Å². The number of esters is 1. The van der Waals surface area contributed by atoms with Crippen LogP contribution in [0.1, 0.15) is 37.6 Å². The highest BCUT2D eigenvalue weighted by atomic mass is 16.5. The standard InChI is InChI=1S/C18H24N2O6/c1-4-18(3)16(23)20(17(24)19-18)10-13(21)11-26-14-8-6-12(7-9-14)15(22)25-5-2/h6-9,13,21H,4-5,10-11H2,1-3H3,(H,19,24). The Morgan fingerprint density at radius 1 is 1.27 bits per heavy atom. The van der Waals surface area contributed by atoms with Gasteiger partial charge in [0.2, 0.25) is 0 Å². The zero-order valence-electron chi connectivity index (χ0n) is 15.2. The third-order valence-corrected chi connectivity index (χ3v) is 4.25. The zero-order chi connectivity index (χ0) is 19.3. The number of hydrogen-bond donors (Lipinski definition) is 2. The van der Waals surface area contributed by atoms with Gasteiger partial charge in [0.15, 0.2) is 0 Å². The summed E-state index contributed by atoms with van der Waals surface area (Å²) in [6.45, 7) is 5.23. The van der Waals surface area contributed by atoms with E-state index < -0.39 is 23.6 Å². The number of aliphatic hydroxyl groups excluding tert-OH is 1. The highest BCUT2D eigenvalue weighted by Crippen LogP contribution is 2.21. The molecule has 26 heavy (non-hydrogen) atoms. The Labute approximate surface area is 152 Å². The minimum Gasteiger partial charge on any atom is -0.491 e. The number of carbonyl (C=O) groups excluding carboxylic acids is 3. The minimum absolute atomic E-state index is 0.0986. The lowest BCUT2D eigenvalue weighted by atomic mass is 9.99. The summed E-state index contributed by atoms with van der Waals surface area (Å²) in [5, 5.41) is 12.7. The first-order valence-corrected chi connectivity index (χ1v) is 8.53. The second-order valence-corrected chi connectivity index (χ2v) is 6.24. The number of carbonyl (C=O) groups is 3. The van der Waals surface area contributed by atoms with Crippen molar-refractivity contribution in [1.82, 2.24) is 10.2 Å². The first kappa shape index (κ1) is 19.7. The maximum atomic E-state index is 12.3. The number of benzene rings is 1. The van der Waals surface area contributed by atoms with E-state index in [0.29, 0.717) is 24.3 Å². The van der Waals surface area contributed by atoms with Crippen LogP contribution >= 0.6 is 0 Å². The van der Waals surface area contributed by atoms with Crippen molar-refractivity contribution in [3.8, 4) is 5.75 Å². The van der Waals surface area contributed by atoms with Gasteiger partial charge in [-0.25, -0.2) is 9.59 Å². The Kier molecular flexibility index (Phi) is 6.20. The molecule has 1 aliphatic rings. The second kappa shape index (κ2) is 8.18. The summed E-state index contributed by atoms with van der Waals surface area (Å²) in [7, 11) is 0. The molecule has 2 unspecified atom stereocenters. The van der Waals surface area contributed by atoms with Crippen LogP contribution in [0.2, 0.25) is 0 Å². The lowest BCUT2D eigenvalue weighted by Crippen LogP contribution is -2.44. The van der Waals surface area contributed by atoms with Crippen LogP contribution in [-0.2, 0) is 9.53 Å². The molecule has 2 N–H and O–H groups in total. The van der Waals surface area contributed by atoms with Crippen molar-refractivity contribution in [3.05, 3.63) is 29.8 Å². The summed E-state index contributed by atoms with van der Waals surface area (Å²) in [4.78, 5) is 36.8. The Bertz CT molecular complexity index is 675. The summed E-state index contributed by atoms with van der Waals surface area (Å²) in [5.74, 6) is -0.327. The SMILES string of the molecule is CCOC(=O)c1ccc(OCC(O)CN2C(=O)NC(C)(CC)C2=O)cc1. The molecule has 1 heterocycles. The quantitative estimate of drug-likeness (QED) is 0.532. The van der Waals surface area contributed by atoms with Crippen molar-refractivity contribution >= 4 is 17.9 Å². The number of amides is 3. The summed E-state index contributed by atoms with van der Waals surface area (Å²) in [5.41, 5.74) is -0.529.